The van der Waals surface area contributed by atoms with E-state index in [-0.39, 0.29) is 5.82 Å². The van der Waals surface area contributed by atoms with E-state index in [2.05, 4.69) is 5.32 Å². The third kappa shape index (κ3) is 5.02. The topological polar surface area (TPSA) is 21.3 Å². The van der Waals surface area contributed by atoms with Crippen LogP contribution in [0.25, 0.3) is 0 Å². The highest BCUT2D eigenvalue weighted by Crippen LogP contribution is 2.09. The number of hydrogen-bond acceptors (Lipinski definition) is 2. The summed E-state index contributed by atoms with van der Waals surface area (Å²) in [6.07, 6.45) is 2.00. The highest BCUT2D eigenvalue weighted by atomic mass is 19.1. The van der Waals surface area contributed by atoms with E-state index in [0.29, 0.717) is 18.7 Å². The summed E-state index contributed by atoms with van der Waals surface area (Å²) in [5.74, 6) is 0.763. The molecule has 0 aliphatic heterocycles. The van der Waals surface area contributed by atoms with E-state index in [1.807, 2.05) is 36.4 Å². The van der Waals surface area contributed by atoms with Crippen LogP contribution in [0, 0.1) is 5.82 Å². The molecule has 0 aromatic heterocycles. The number of halogens is 1. The van der Waals surface area contributed by atoms with Crippen LogP contribution in [0.3, 0.4) is 0 Å². The minimum atomic E-state index is -0.146. The lowest BCUT2D eigenvalue weighted by Crippen LogP contribution is -2.16. The lowest BCUT2D eigenvalue weighted by Gasteiger charge is -2.07. The molecule has 2 aromatic rings. The van der Waals surface area contributed by atoms with E-state index < -0.39 is 0 Å². The molecule has 0 aliphatic rings. The lowest BCUT2D eigenvalue weighted by atomic mass is 10.2. The first kappa shape index (κ1) is 14.5. The molecule has 1 N–H and O–H groups in total. The monoisotopic (exact) mass is 273 g/mol. The van der Waals surface area contributed by atoms with Crippen LogP contribution >= 0.6 is 0 Å². The highest BCUT2D eigenvalue weighted by Gasteiger charge is 1.99. The number of benzene rings is 2. The summed E-state index contributed by atoms with van der Waals surface area (Å²) in [6.45, 7) is 2.16. The first-order valence-electron chi connectivity index (χ1n) is 6.98. The second-order valence-electron chi connectivity index (χ2n) is 4.64. The summed E-state index contributed by atoms with van der Waals surface area (Å²) in [5, 5.41) is 3.25. The summed E-state index contributed by atoms with van der Waals surface area (Å²) >= 11 is 0. The summed E-state index contributed by atoms with van der Waals surface area (Å²) < 4.78 is 18.9. The molecule has 2 rings (SSSR count). The van der Waals surface area contributed by atoms with Crippen LogP contribution in [0.1, 0.15) is 18.4 Å². The zero-order valence-electron chi connectivity index (χ0n) is 11.5. The molecule has 0 heterocycles. The Morgan fingerprint density at radius 3 is 2.45 bits per heavy atom. The van der Waals surface area contributed by atoms with Gasteiger partial charge >= 0.3 is 0 Å². The summed E-state index contributed by atoms with van der Waals surface area (Å²) in [7, 11) is 0. The first-order valence-corrected chi connectivity index (χ1v) is 6.98. The van der Waals surface area contributed by atoms with Crippen molar-refractivity contribution >= 4 is 0 Å². The van der Waals surface area contributed by atoms with Crippen molar-refractivity contribution in [1.29, 1.82) is 0 Å². The van der Waals surface area contributed by atoms with Gasteiger partial charge in [0.15, 0.2) is 0 Å². The second-order valence-corrected chi connectivity index (χ2v) is 4.64. The fourth-order valence-corrected chi connectivity index (χ4v) is 1.92. The summed E-state index contributed by atoms with van der Waals surface area (Å²) in [5.41, 5.74) is 0.716. The van der Waals surface area contributed by atoms with Gasteiger partial charge < -0.3 is 10.1 Å². The minimum Gasteiger partial charge on any atom is -0.494 e. The quantitative estimate of drug-likeness (QED) is 0.739. The molecule has 20 heavy (non-hydrogen) atoms. The van der Waals surface area contributed by atoms with Crippen molar-refractivity contribution < 1.29 is 9.13 Å². The van der Waals surface area contributed by atoms with Gasteiger partial charge in [-0.05, 0) is 37.6 Å². The number of nitrogens with one attached hydrogen (secondary N) is 1. The van der Waals surface area contributed by atoms with Crippen LogP contribution in [0.4, 0.5) is 4.39 Å². The molecule has 0 unspecified atom stereocenters. The average Bonchev–Trinajstić information content (AvgIpc) is 2.49. The van der Waals surface area contributed by atoms with Crippen molar-refractivity contribution in [3.63, 3.8) is 0 Å². The summed E-state index contributed by atoms with van der Waals surface area (Å²) in [4.78, 5) is 0. The molecule has 0 fully saturated rings. The molecule has 0 aliphatic carbocycles. The fourth-order valence-electron chi connectivity index (χ4n) is 1.92. The van der Waals surface area contributed by atoms with Gasteiger partial charge in [-0.3, -0.25) is 0 Å². The Bertz CT molecular complexity index is 501. The van der Waals surface area contributed by atoms with Crippen LogP contribution in [0.15, 0.2) is 54.6 Å². The van der Waals surface area contributed by atoms with Gasteiger partial charge in [-0.15, -0.1) is 0 Å². The van der Waals surface area contributed by atoms with E-state index in [9.17, 15) is 4.39 Å². The van der Waals surface area contributed by atoms with Crippen LogP contribution in [0.2, 0.25) is 0 Å². The minimum absolute atomic E-state index is 0.146. The van der Waals surface area contributed by atoms with Gasteiger partial charge in [0.2, 0.25) is 0 Å². The van der Waals surface area contributed by atoms with Crippen molar-refractivity contribution in [3.8, 4) is 5.75 Å². The molecule has 3 heteroatoms. The van der Waals surface area contributed by atoms with E-state index in [4.69, 9.17) is 4.74 Å². The standard InChI is InChI=1S/C17H20FNO/c18-17-11-5-4-8-15(17)14-19-12-6-7-13-20-16-9-2-1-3-10-16/h1-5,8-11,19H,6-7,12-14H2. The molecular weight excluding hydrogens is 253 g/mol. The van der Waals surface area contributed by atoms with Crippen LogP contribution in [-0.2, 0) is 6.54 Å². The SMILES string of the molecule is Fc1ccccc1CNCCCCOc1ccccc1. The third-order valence-electron chi connectivity index (χ3n) is 3.03. The Balaban J connectivity index is 1.53. The molecule has 0 saturated carbocycles. The number of ether oxygens (including phenoxy) is 1. The maximum atomic E-state index is 13.3. The van der Waals surface area contributed by atoms with Crippen molar-refractivity contribution in [2.45, 2.75) is 19.4 Å². The smallest absolute Gasteiger partial charge is 0.127 e. The Morgan fingerprint density at radius 2 is 1.65 bits per heavy atom. The normalized spacial score (nSPS) is 10.4. The largest absolute Gasteiger partial charge is 0.494 e. The summed E-state index contributed by atoms with van der Waals surface area (Å²) in [6, 6.07) is 16.7. The molecule has 2 nitrogen and oxygen atoms in total. The second kappa shape index (κ2) is 8.33. The number of para-hydroxylation sites is 1. The molecular formula is C17H20FNO. The molecule has 0 bridgehead atoms. The van der Waals surface area contributed by atoms with Gasteiger partial charge in [0.25, 0.3) is 0 Å². The molecule has 106 valence electrons. The van der Waals surface area contributed by atoms with Gasteiger partial charge in [0.05, 0.1) is 6.61 Å². The zero-order valence-corrected chi connectivity index (χ0v) is 11.5. The van der Waals surface area contributed by atoms with Crippen molar-refractivity contribution in [3.05, 3.63) is 66.0 Å². The van der Waals surface area contributed by atoms with E-state index in [1.165, 1.54) is 6.07 Å². The zero-order chi connectivity index (χ0) is 14.0. The van der Waals surface area contributed by atoms with Gasteiger partial charge in [-0.1, -0.05) is 36.4 Å². The predicted molar refractivity (Wildman–Crippen MR) is 79.3 cm³/mol. The molecule has 0 saturated heterocycles. The van der Waals surface area contributed by atoms with Crippen molar-refractivity contribution in [1.82, 2.24) is 5.32 Å². The van der Waals surface area contributed by atoms with Gasteiger partial charge in [0, 0.05) is 12.1 Å². The van der Waals surface area contributed by atoms with Crippen LogP contribution in [0.5, 0.6) is 5.75 Å². The van der Waals surface area contributed by atoms with E-state index in [0.717, 1.165) is 25.1 Å². The molecule has 2 aromatic carbocycles. The number of hydrogen-bond donors (Lipinski definition) is 1. The molecule has 0 amide bonds. The average molecular weight is 273 g/mol. The van der Waals surface area contributed by atoms with Crippen LogP contribution < -0.4 is 10.1 Å². The third-order valence-corrected chi connectivity index (χ3v) is 3.03. The van der Waals surface area contributed by atoms with E-state index >= 15 is 0 Å². The van der Waals surface area contributed by atoms with Gasteiger partial charge in [0.1, 0.15) is 11.6 Å². The molecule has 0 radical (unpaired) electrons. The maximum absolute atomic E-state index is 13.3. The van der Waals surface area contributed by atoms with E-state index in [1.54, 1.807) is 12.1 Å². The Morgan fingerprint density at radius 1 is 0.900 bits per heavy atom. The van der Waals surface area contributed by atoms with Gasteiger partial charge in [-0.2, -0.15) is 0 Å². The highest BCUT2D eigenvalue weighted by molar-refractivity contribution is 5.20. The van der Waals surface area contributed by atoms with Crippen molar-refractivity contribution in [2.75, 3.05) is 13.2 Å². The van der Waals surface area contributed by atoms with Crippen molar-refractivity contribution in [2.24, 2.45) is 0 Å². The molecule has 0 atom stereocenters. The van der Waals surface area contributed by atoms with Crippen LogP contribution in [-0.4, -0.2) is 13.2 Å². The first-order chi connectivity index (χ1) is 9.86. The predicted octanol–water partition coefficient (Wildman–Crippen LogP) is 3.77. The fraction of sp³-hybridized carbons (Fsp3) is 0.294. The Hall–Kier alpha value is -1.87. The number of unbranched alkanes of at least 4 members (excludes halogenated alkanes) is 1. The van der Waals surface area contributed by atoms with Gasteiger partial charge in [-0.25, -0.2) is 4.39 Å². The lowest BCUT2D eigenvalue weighted by molar-refractivity contribution is 0.305. The molecule has 0 spiro atoms. The Labute approximate surface area is 119 Å². The number of rotatable bonds is 8. The Kier molecular flexibility index (Phi) is 6.06. The maximum Gasteiger partial charge on any atom is 0.127 e.